The van der Waals surface area contributed by atoms with E-state index >= 15 is 0 Å². The summed E-state index contributed by atoms with van der Waals surface area (Å²) < 4.78 is 20.0. The molecule has 1 aromatic heterocycles. The number of carbonyl (C=O) groups is 2. The normalized spacial score (nSPS) is 10.7. The molecule has 29 heavy (non-hydrogen) atoms. The lowest BCUT2D eigenvalue weighted by Gasteiger charge is -2.10. The Hall–Kier alpha value is -2.91. The predicted octanol–water partition coefficient (Wildman–Crippen LogP) is 4.73. The Morgan fingerprint density at radius 1 is 1.07 bits per heavy atom. The second-order valence-corrected chi connectivity index (χ2v) is 7.41. The number of aromatic nitrogens is 1. The van der Waals surface area contributed by atoms with Crippen LogP contribution in [0.2, 0.25) is 0 Å². The van der Waals surface area contributed by atoms with Crippen LogP contribution in [-0.2, 0) is 0 Å². The molecule has 0 aliphatic carbocycles. The maximum atomic E-state index is 13.4. The molecule has 146 valence electrons. The van der Waals surface area contributed by atoms with Crippen molar-refractivity contribution in [3.8, 4) is 5.75 Å². The van der Waals surface area contributed by atoms with E-state index < -0.39 is 17.7 Å². The number of rotatable bonds is 5. The maximum Gasteiger partial charge on any atom is 0.343 e. The summed E-state index contributed by atoms with van der Waals surface area (Å²) >= 11 is 6.68. The highest BCUT2D eigenvalue weighted by molar-refractivity contribution is 9.11. The van der Waals surface area contributed by atoms with Gasteiger partial charge in [0.1, 0.15) is 5.82 Å². The summed E-state index contributed by atoms with van der Waals surface area (Å²) in [7, 11) is 0. The summed E-state index contributed by atoms with van der Waals surface area (Å²) in [5.41, 5.74) is 3.25. The van der Waals surface area contributed by atoms with Gasteiger partial charge in [0.25, 0.3) is 5.91 Å². The predicted molar refractivity (Wildman–Crippen MR) is 112 cm³/mol. The number of nitrogens with zero attached hydrogens (tertiary/aromatic N) is 2. The van der Waals surface area contributed by atoms with Crippen LogP contribution < -0.4 is 10.2 Å². The minimum atomic E-state index is -0.733. The van der Waals surface area contributed by atoms with E-state index in [-0.39, 0.29) is 11.3 Å². The maximum absolute atomic E-state index is 13.4. The fourth-order valence-corrected chi connectivity index (χ4v) is 3.62. The van der Waals surface area contributed by atoms with Crippen molar-refractivity contribution in [3.05, 3.63) is 92.4 Å². The second kappa shape index (κ2) is 9.53. The molecule has 9 heteroatoms. The zero-order chi connectivity index (χ0) is 20.8. The van der Waals surface area contributed by atoms with Crippen LogP contribution in [-0.4, -0.2) is 23.1 Å². The Balaban J connectivity index is 1.81. The van der Waals surface area contributed by atoms with Crippen molar-refractivity contribution in [2.24, 2.45) is 5.10 Å². The summed E-state index contributed by atoms with van der Waals surface area (Å²) in [6.07, 6.45) is 4.32. The fourth-order valence-electron chi connectivity index (χ4n) is 2.28. The molecular weight excluding hydrogens is 509 g/mol. The third-order valence-corrected chi connectivity index (χ3v) is 4.65. The van der Waals surface area contributed by atoms with Crippen molar-refractivity contribution in [2.45, 2.75) is 0 Å². The number of carbonyl (C=O) groups excluding carboxylic acids is 2. The first-order valence-corrected chi connectivity index (χ1v) is 9.73. The average Bonchev–Trinajstić information content (AvgIpc) is 2.71. The van der Waals surface area contributed by atoms with E-state index in [1.165, 1.54) is 36.8 Å². The number of esters is 1. The third-order valence-electron chi connectivity index (χ3n) is 3.60. The van der Waals surface area contributed by atoms with Crippen molar-refractivity contribution >= 4 is 50.0 Å². The van der Waals surface area contributed by atoms with Gasteiger partial charge in [0, 0.05) is 28.0 Å². The first-order chi connectivity index (χ1) is 13.9. The Bertz CT molecular complexity index is 1090. The molecule has 0 bridgehead atoms. The summed E-state index contributed by atoms with van der Waals surface area (Å²) in [5, 5.41) is 3.92. The van der Waals surface area contributed by atoms with Crippen LogP contribution in [0, 0.1) is 5.82 Å². The summed E-state index contributed by atoms with van der Waals surface area (Å²) in [6.45, 7) is 0. The largest absolute Gasteiger partial charge is 0.421 e. The molecular formula is C20H12Br2FN3O3. The number of benzene rings is 2. The van der Waals surface area contributed by atoms with Gasteiger partial charge in [0.15, 0.2) is 5.75 Å². The Kier molecular flexibility index (Phi) is 6.84. The van der Waals surface area contributed by atoms with Crippen LogP contribution in [0.4, 0.5) is 4.39 Å². The molecule has 0 unspecified atom stereocenters. The smallest absolute Gasteiger partial charge is 0.343 e. The SMILES string of the molecule is O=C(NN=Cc1cc(Br)cc(Br)c1OC(=O)c1cccc(F)c1)c1ccncc1. The molecule has 3 rings (SSSR count). The monoisotopic (exact) mass is 519 g/mol. The zero-order valence-corrected chi connectivity index (χ0v) is 17.8. The van der Waals surface area contributed by atoms with Crippen LogP contribution in [0.15, 0.2) is 75.0 Å². The van der Waals surface area contributed by atoms with Gasteiger partial charge in [-0.25, -0.2) is 14.6 Å². The topological polar surface area (TPSA) is 80.6 Å². The fraction of sp³-hybridized carbons (Fsp3) is 0. The second-order valence-electron chi connectivity index (χ2n) is 5.64. The van der Waals surface area contributed by atoms with Gasteiger partial charge < -0.3 is 4.74 Å². The van der Waals surface area contributed by atoms with Gasteiger partial charge in [-0.3, -0.25) is 9.78 Å². The lowest BCUT2D eigenvalue weighted by Crippen LogP contribution is -2.17. The summed E-state index contributed by atoms with van der Waals surface area (Å²) in [5.74, 6) is -1.53. The van der Waals surface area contributed by atoms with E-state index in [0.717, 1.165) is 6.07 Å². The molecule has 0 saturated heterocycles. The standard InChI is InChI=1S/C20H12Br2FN3O3/c21-15-8-14(11-25-26-19(27)12-4-6-24-7-5-12)18(17(22)10-15)29-20(28)13-2-1-3-16(23)9-13/h1-11H,(H,26,27). The Morgan fingerprint density at radius 3 is 2.55 bits per heavy atom. The van der Waals surface area contributed by atoms with Crippen molar-refractivity contribution < 1.29 is 18.7 Å². The molecule has 0 radical (unpaired) electrons. The molecule has 0 saturated carbocycles. The van der Waals surface area contributed by atoms with E-state index in [1.807, 2.05) is 0 Å². The number of halogens is 3. The number of pyridine rings is 1. The minimum absolute atomic E-state index is 0.0636. The number of ether oxygens (including phenoxy) is 1. The highest BCUT2D eigenvalue weighted by atomic mass is 79.9. The molecule has 3 aromatic rings. The summed E-state index contributed by atoms with van der Waals surface area (Å²) in [4.78, 5) is 28.3. The number of nitrogens with one attached hydrogen (secondary N) is 1. The molecule has 1 heterocycles. The first kappa shape index (κ1) is 20.8. The molecule has 0 atom stereocenters. The quantitative estimate of drug-likeness (QED) is 0.228. The molecule has 1 N–H and O–H groups in total. The molecule has 0 fully saturated rings. The van der Waals surface area contributed by atoms with Crippen molar-refractivity contribution in [1.29, 1.82) is 0 Å². The number of hydrazone groups is 1. The number of hydrogen-bond acceptors (Lipinski definition) is 5. The van der Waals surface area contributed by atoms with Crippen LogP contribution in [0.5, 0.6) is 5.75 Å². The van der Waals surface area contributed by atoms with Gasteiger partial charge >= 0.3 is 5.97 Å². The number of hydrogen-bond donors (Lipinski definition) is 1. The molecule has 2 aromatic carbocycles. The third kappa shape index (κ3) is 5.55. The molecule has 0 spiro atoms. The van der Waals surface area contributed by atoms with Gasteiger partial charge in [-0.15, -0.1) is 0 Å². The van der Waals surface area contributed by atoms with Gasteiger partial charge in [-0.1, -0.05) is 22.0 Å². The number of amides is 1. The highest BCUT2D eigenvalue weighted by Gasteiger charge is 2.16. The van der Waals surface area contributed by atoms with E-state index in [0.29, 0.717) is 20.1 Å². The molecule has 0 aliphatic heterocycles. The van der Waals surface area contributed by atoms with Crippen molar-refractivity contribution in [2.75, 3.05) is 0 Å². The molecule has 6 nitrogen and oxygen atoms in total. The zero-order valence-electron chi connectivity index (χ0n) is 14.6. The molecule has 1 amide bonds. The van der Waals surface area contributed by atoms with Gasteiger partial charge in [-0.2, -0.15) is 5.10 Å². The van der Waals surface area contributed by atoms with Gasteiger partial charge in [0.2, 0.25) is 0 Å². The van der Waals surface area contributed by atoms with Gasteiger partial charge in [0.05, 0.1) is 16.3 Å². The highest BCUT2D eigenvalue weighted by Crippen LogP contribution is 2.32. The lowest BCUT2D eigenvalue weighted by molar-refractivity contribution is 0.0732. The van der Waals surface area contributed by atoms with Crippen molar-refractivity contribution in [1.82, 2.24) is 10.4 Å². The first-order valence-electron chi connectivity index (χ1n) is 8.14. The van der Waals surface area contributed by atoms with E-state index in [4.69, 9.17) is 4.74 Å². The van der Waals surface area contributed by atoms with E-state index in [9.17, 15) is 14.0 Å². The Morgan fingerprint density at radius 2 is 1.83 bits per heavy atom. The van der Waals surface area contributed by atoms with Crippen molar-refractivity contribution in [3.63, 3.8) is 0 Å². The van der Waals surface area contributed by atoms with E-state index in [1.54, 1.807) is 24.3 Å². The van der Waals surface area contributed by atoms with Crippen LogP contribution in [0.25, 0.3) is 0 Å². The lowest BCUT2D eigenvalue weighted by atomic mass is 10.2. The summed E-state index contributed by atoms with van der Waals surface area (Å²) in [6, 6.07) is 11.6. The minimum Gasteiger partial charge on any atom is -0.421 e. The molecule has 0 aliphatic rings. The average molecular weight is 521 g/mol. The van der Waals surface area contributed by atoms with Gasteiger partial charge in [-0.05, 0) is 58.4 Å². The van der Waals surface area contributed by atoms with E-state index in [2.05, 4.69) is 47.4 Å². The van der Waals surface area contributed by atoms with Crippen LogP contribution in [0.1, 0.15) is 26.3 Å². The van der Waals surface area contributed by atoms with Crippen LogP contribution in [0.3, 0.4) is 0 Å². The van der Waals surface area contributed by atoms with Crippen LogP contribution >= 0.6 is 31.9 Å². The Labute approximate surface area is 182 Å².